The van der Waals surface area contributed by atoms with E-state index >= 15 is 0 Å². The zero-order valence-corrected chi connectivity index (χ0v) is 9.02. The van der Waals surface area contributed by atoms with Gasteiger partial charge in [0, 0.05) is 28.3 Å². The third-order valence-corrected chi connectivity index (χ3v) is 2.21. The fraction of sp³-hybridized carbons (Fsp3) is 0.273. The van der Waals surface area contributed by atoms with Crippen LogP contribution in [0, 0.1) is 12.7 Å². The first kappa shape index (κ1) is 12.1. The van der Waals surface area contributed by atoms with Crippen molar-refractivity contribution in [3.63, 3.8) is 0 Å². The van der Waals surface area contributed by atoms with E-state index in [0.29, 0.717) is 29.8 Å². The molecule has 1 aromatic carbocycles. The van der Waals surface area contributed by atoms with Crippen molar-refractivity contribution in [2.75, 3.05) is 12.3 Å². The molecule has 0 saturated carbocycles. The maximum Gasteiger partial charge on any atom is 0.135 e. The van der Waals surface area contributed by atoms with Crippen LogP contribution in [-0.2, 0) is 0 Å². The van der Waals surface area contributed by atoms with Crippen LogP contribution in [0.1, 0.15) is 17.5 Å². The Kier molecular flexibility index (Phi) is 4.36. The van der Waals surface area contributed by atoms with Crippen molar-refractivity contribution in [1.82, 2.24) is 0 Å². The highest BCUT2D eigenvalue weighted by Gasteiger charge is 2.04. The molecule has 0 amide bonds. The molecule has 0 bridgehead atoms. The Bertz CT molecular complexity index is 448. The van der Waals surface area contributed by atoms with Crippen LogP contribution in [0.4, 0.5) is 10.1 Å². The minimum Gasteiger partial charge on any atom is -0.398 e. The van der Waals surface area contributed by atoms with E-state index in [4.69, 9.17) is 11.3 Å². The molecule has 0 unspecified atom stereocenters. The summed E-state index contributed by atoms with van der Waals surface area (Å²) in [7, 11) is 0. The molecule has 0 saturated heterocycles. The highest BCUT2D eigenvalue weighted by atomic mass is 19.1. The molecule has 0 aromatic heterocycles. The normalized spacial score (nSPS) is 10.4. The summed E-state index contributed by atoms with van der Waals surface area (Å²) in [4.78, 5) is 2.62. The zero-order valence-electron chi connectivity index (χ0n) is 9.02. The molecule has 0 aliphatic carbocycles. The van der Waals surface area contributed by atoms with E-state index in [1.165, 1.54) is 0 Å². The smallest absolute Gasteiger partial charge is 0.135 e. The average molecular weight is 220 g/mol. The van der Waals surface area contributed by atoms with Crippen LogP contribution < -0.4 is 5.73 Å². The minimum absolute atomic E-state index is 0.306. The van der Waals surface area contributed by atoms with Gasteiger partial charge in [-0.15, -0.1) is 0 Å². The summed E-state index contributed by atoms with van der Waals surface area (Å²) in [6, 6.07) is 3.30. The highest BCUT2D eigenvalue weighted by molar-refractivity contribution is 5.58. The van der Waals surface area contributed by atoms with Crippen LogP contribution in [0.2, 0.25) is 0 Å². The number of hydrogen-bond donors (Lipinski definition) is 1. The number of anilines is 1. The Morgan fingerprint density at radius 1 is 1.56 bits per heavy atom. The number of nitrogens with two attached hydrogens (primary N) is 1. The van der Waals surface area contributed by atoms with Gasteiger partial charge in [-0.3, -0.25) is 0 Å². The maximum atomic E-state index is 13.6. The van der Waals surface area contributed by atoms with Crippen molar-refractivity contribution in [1.29, 1.82) is 0 Å². The Balaban J connectivity index is 2.74. The average Bonchev–Trinajstić information content (AvgIpc) is 2.28. The second-order valence-electron chi connectivity index (χ2n) is 3.33. The number of nitrogens with zero attached hydrogens (tertiary/aromatic N) is 3. The molecule has 0 heterocycles. The van der Waals surface area contributed by atoms with Gasteiger partial charge in [-0.25, -0.2) is 4.39 Å². The first-order chi connectivity index (χ1) is 7.66. The van der Waals surface area contributed by atoms with Crippen LogP contribution in [0.3, 0.4) is 0 Å². The molecule has 0 radical (unpaired) electrons. The number of halogens is 1. The molecule has 5 heteroatoms. The molecule has 0 aliphatic rings. The molecule has 1 rings (SSSR count). The van der Waals surface area contributed by atoms with Crippen LogP contribution in [0.15, 0.2) is 23.3 Å². The SMILES string of the molecule is Cc1c(N)ccc(C=CCCN=[N+]=[N-])c1F. The Morgan fingerprint density at radius 2 is 2.31 bits per heavy atom. The summed E-state index contributed by atoms with van der Waals surface area (Å²) < 4.78 is 13.6. The highest BCUT2D eigenvalue weighted by Crippen LogP contribution is 2.19. The van der Waals surface area contributed by atoms with E-state index in [1.807, 2.05) is 0 Å². The molecule has 0 fully saturated rings. The monoisotopic (exact) mass is 220 g/mol. The second kappa shape index (κ2) is 5.78. The maximum absolute atomic E-state index is 13.6. The van der Waals surface area contributed by atoms with Crippen LogP contribution in [0.25, 0.3) is 16.5 Å². The summed E-state index contributed by atoms with van der Waals surface area (Å²) >= 11 is 0. The van der Waals surface area contributed by atoms with Crippen molar-refractivity contribution >= 4 is 11.8 Å². The van der Waals surface area contributed by atoms with Gasteiger partial charge in [-0.1, -0.05) is 17.3 Å². The number of benzene rings is 1. The van der Waals surface area contributed by atoms with E-state index in [9.17, 15) is 4.39 Å². The van der Waals surface area contributed by atoms with Gasteiger partial charge < -0.3 is 5.73 Å². The second-order valence-corrected chi connectivity index (χ2v) is 3.33. The Labute approximate surface area is 93.2 Å². The molecule has 2 N–H and O–H groups in total. The van der Waals surface area contributed by atoms with Crippen LogP contribution in [0.5, 0.6) is 0 Å². The molecule has 0 aliphatic heterocycles. The molecule has 0 atom stereocenters. The number of rotatable bonds is 4. The van der Waals surface area contributed by atoms with Crippen LogP contribution in [-0.4, -0.2) is 6.54 Å². The van der Waals surface area contributed by atoms with Crippen molar-refractivity contribution < 1.29 is 4.39 Å². The van der Waals surface area contributed by atoms with Gasteiger partial charge in [0.25, 0.3) is 0 Å². The lowest BCUT2D eigenvalue weighted by molar-refractivity contribution is 0.616. The molecular formula is C11H13FN4. The fourth-order valence-electron chi connectivity index (χ4n) is 1.24. The van der Waals surface area contributed by atoms with Crippen molar-refractivity contribution in [2.24, 2.45) is 5.11 Å². The minimum atomic E-state index is -0.306. The van der Waals surface area contributed by atoms with Gasteiger partial charge in [0.15, 0.2) is 0 Å². The summed E-state index contributed by atoms with van der Waals surface area (Å²) in [5.74, 6) is -0.306. The predicted octanol–water partition coefficient (Wildman–Crippen LogP) is 3.43. The lowest BCUT2D eigenvalue weighted by Gasteiger charge is -2.04. The topological polar surface area (TPSA) is 74.8 Å². The van der Waals surface area contributed by atoms with Gasteiger partial charge in [0.2, 0.25) is 0 Å². The quantitative estimate of drug-likeness (QED) is 0.272. The van der Waals surface area contributed by atoms with E-state index in [0.717, 1.165) is 0 Å². The molecular weight excluding hydrogens is 207 g/mol. The van der Waals surface area contributed by atoms with Crippen LogP contribution >= 0.6 is 0 Å². The summed E-state index contributed by atoms with van der Waals surface area (Å²) in [6.45, 7) is 2.02. The first-order valence-corrected chi connectivity index (χ1v) is 4.88. The van der Waals surface area contributed by atoms with Crippen molar-refractivity contribution in [3.05, 3.63) is 45.6 Å². The first-order valence-electron chi connectivity index (χ1n) is 4.88. The standard InChI is InChI=1S/C11H13FN4/c1-8-10(13)6-5-9(11(8)12)4-2-3-7-15-16-14/h2,4-6H,3,7,13H2,1H3. The number of nitrogen functional groups attached to an aromatic ring is 1. The Hall–Kier alpha value is -2.00. The molecule has 1 aromatic rings. The van der Waals surface area contributed by atoms with Crippen molar-refractivity contribution in [2.45, 2.75) is 13.3 Å². The summed E-state index contributed by atoms with van der Waals surface area (Å²) in [6.07, 6.45) is 4.02. The zero-order chi connectivity index (χ0) is 12.0. The summed E-state index contributed by atoms with van der Waals surface area (Å²) in [5, 5.41) is 3.37. The lowest BCUT2D eigenvalue weighted by atomic mass is 10.1. The largest absolute Gasteiger partial charge is 0.398 e. The van der Waals surface area contributed by atoms with E-state index in [1.54, 1.807) is 31.2 Å². The third-order valence-electron chi connectivity index (χ3n) is 2.21. The van der Waals surface area contributed by atoms with E-state index in [-0.39, 0.29) is 5.82 Å². The van der Waals surface area contributed by atoms with Crippen molar-refractivity contribution in [3.8, 4) is 0 Å². The van der Waals surface area contributed by atoms with Gasteiger partial charge in [0.1, 0.15) is 5.82 Å². The van der Waals surface area contributed by atoms with E-state index in [2.05, 4.69) is 10.0 Å². The Morgan fingerprint density at radius 3 is 3.00 bits per heavy atom. The third kappa shape index (κ3) is 3.00. The van der Waals surface area contributed by atoms with Gasteiger partial charge >= 0.3 is 0 Å². The molecule has 16 heavy (non-hydrogen) atoms. The van der Waals surface area contributed by atoms with Gasteiger partial charge in [0.05, 0.1) is 0 Å². The predicted molar refractivity (Wildman–Crippen MR) is 63.2 cm³/mol. The lowest BCUT2D eigenvalue weighted by Crippen LogP contribution is -1.95. The van der Waals surface area contributed by atoms with Gasteiger partial charge in [-0.2, -0.15) is 0 Å². The summed E-state index contributed by atoms with van der Waals surface area (Å²) in [5.41, 5.74) is 15.0. The van der Waals surface area contributed by atoms with E-state index < -0.39 is 0 Å². The molecule has 0 spiro atoms. The number of azide groups is 1. The van der Waals surface area contributed by atoms with Gasteiger partial charge in [-0.05, 0) is 31.0 Å². The molecule has 84 valence electrons. The number of hydrogen-bond acceptors (Lipinski definition) is 2. The molecule has 4 nitrogen and oxygen atoms in total. The fourth-order valence-corrected chi connectivity index (χ4v) is 1.24.